The summed E-state index contributed by atoms with van der Waals surface area (Å²) in [4.78, 5) is 5.55. The molecule has 2 N–H and O–H groups in total. The summed E-state index contributed by atoms with van der Waals surface area (Å²) in [6.45, 7) is 6.33. The number of aliphatic hydroxyl groups excluding tert-OH is 1. The largest absolute Gasteiger partial charge is 0.393 e. The van der Waals surface area contributed by atoms with Crippen LogP contribution < -0.4 is 5.32 Å². The average molecular weight is 379 g/mol. The summed E-state index contributed by atoms with van der Waals surface area (Å²) in [5, 5.41) is 18.0. The van der Waals surface area contributed by atoms with E-state index in [-0.39, 0.29) is 23.0 Å². The first kappa shape index (κ1) is 18.4. The Morgan fingerprint density at radius 1 is 1.07 bits per heavy atom. The lowest BCUT2D eigenvalue weighted by atomic mass is 9.45. The zero-order valence-electron chi connectivity index (χ0n) is 16.8. The van der Waals surface area contributed by atoms with Crippen LogP contribution in [0.2, 0.25) is 0 Å². The number of halogens is 1. The molecule has 8 atom stereocenters. The molecule has 0 radical (unpaired) electrons. The van der Waals surface area contributed by atoms with Gasteiger partial charge in [0.2, 0.25) is 0 Å². The van der Waals surface area contributed by atoms with E-state index in [0.717, 1.165) is 45.2 Å². The van der Waals surface area contributed by atoms with Crippen LogP contribution in [0.4, 0.5) is 4.39 Å². The van der Waals surface area contributed by atoms with Crippen LogP contribution in [0.5, 0.6) is 0 Å². The number of hydrogen-bond donors (Lipinski definition) is 2. The van der Waals surface area contributed by atoms with Gasteiger partial charge in [-0.05, 0) is 85.9 Å². The van der Waals surface area contributed by atoms with E-state index in [4.69, 9.17) is 4.84 Å². The average Bonchev–Trinajstić information content (AvgIpc) is 2.89. The first-order chi connectivity index (χ1) is 12.9. The van der Waals surface area contributed by atoms with E-state index in [1.807, 2.05) is 0 Å². The SMILES string of the molecule is C[C@]12CC[C@H]3[C@@H](CCC4C/C(=N\OC5CNC5)[C@H](F)C[C@@]43C)[C@@H]1CC[C@@H]2O. The third kappa shape index (κ3) is 2.71. The van der Waals surface area contributed by atoms with Crippen molar-refractivity contribution in [1.29, 1.82) is 0 Å². The first-order valence-electron chi connectivity index (χ1n) is 11.2. The van der Waals surface area contributed by atoms with E-state index < -0.39 is 6.17 Å². The predicted octanol–water partition coefficient (Wildman–Crippen LogP) is 3.68. The molecule has 4 nitrogen and oxygen atoms in total. The van der Waals surface area contributed by atoms with Gasteiger partial charge in [0.15, 0.2) is 6.10 Å². The summed E-state index contributed by atoms with van der Waals surface area (Å²) in [5.41, 5.74) is 0.833. The van der Waals surface area contributed by atoms with Gasteiger partial charge >= 0.3 is 0 Å². The van der Waals surface area contributed by atoms with Crippen molar-refractivity contribution in [3.8, 4) is 0 Å². The van der Waals surface area contributed by atoms with E-state index >= 15 is 4.39 Å². The van der Waals surface area contributed by atoms with E-state index in [1.165, 1.54) is 12.8 Å². The zero-order valence-corrected chi connectivity index (χ0v) is 16.8. The maximum absolute atomic E-state index is 15.1. The molecule has 5 fully saturated rings. The van der Waals surface area contributed by atoms with Crippen molar-refractivity contribution in [3.05, 3.63) is 0 Å². The van der Waals surface area contributed by atoms with Crippen LogP contribution in [0.1, 0.15) is 65.2 Å². The summed E-state index contributed by atoms with van der Waals surface area (Å²) in [5.74, 6) is 2.44. The van der Waals surface area contributed by atoms with Gasteiger partial charge in [-0.25, -0.2) is 4.39 Å². The Hall–Kier alpha value is -0.680. The molecule has 0 spiro atoms. The van der Waals surface area contributed by atoms with Crippen molar-refractivity contribution in [3.63, 3.8) is 0 Å². The number of nitrogens with one attached hydrogen (secondary N) is 1. The number of oxime groups is 1. The lowest BCUT2D eigenvalue weighted by Gasteiger charge is -2.60. The lowest BCUT2D eigenvalue weighted by Crippen LogP contribution is -2.56. The lowest BCUT2D eigenvalue weighted by molar-refractivity contribution is -0.118. The summed E-state index contributed by atoms with van der Waals surface area (Å²) >= 11 is 0. The molecule has 1 saturated heterocycles. The Labute approximate surface area is 162 Å². The van der Waals surface area contributed by atoms with Crippen molar-refractivity contribution < 1.29 is 14.3 Å². The molecule has 1 aliphatic heterocycles. The molecule has 0 bridgehead atoms. The molecule has 4 aliphatic carbocycles. The smallest absolute Gasteiger partial charge is 0.152 e. The zero-order chi connectivity index (χ0) is 18.8. The molecule has 0 aromatic heterocycles. The highest BCUT2D eigenvalue weighted by molar-refractivity contribution is 5.89. The molecule has 0 aromatic carbocycles. The van der Waals surface area contributed by atoms with Gasteiger partial charge in [-0.15, -0.1) is 0 Å². The molecule has 1 heterocycles. The van der Waals surface area contributed by atoms with E-state index in [0.29, 0.717) is 35.8 Å². The monoisotopic (exact) mass is 378 g/mol. The van der Waals surface area contributed by atoms with Crippen LogP contribution in [-0.4, -0.2) is 42.3 Å². The van der Waals surface area contributed by atoms with Gasteiger partial charge in [-0.3, -0.25) is 0 Å². The quantitative estimate of drug-likeness (QED) is 0.721. The number of aliphatic hydroxyl groups is 1. The van der Waals surface area contributed by atoms with Crippen LogP contribution in [-0.2, 0) is 4.84 Å². The molecule has 5 heteroatoms. The van der Waals surface area contributed by atoms with Crippen LogP contribution in [0.25, 0.3) is 0 Å². The highest BCUT2D eigenvalue weighted by Gasteiger charge is 2.61. The number of alkyl halides is 1. The first-order valence-corrected chi connectivity index (χ1v) is 11.2. The fraction of sp³-hybridized carbons (Fsp3) is 0.955. The molecule has 0 aromatic rings. The number of nitrogens with zero attached hydrogens (tertiary/aromatic N) is 1. The summed E-state index contributed by atoms with van der Waals surface area (Å²) in [7, 11) is 0. The van der Waals surface area contributed by atoms with Gasteiger partial charge in [0.05, 0.1) is 11.8 Å². The van der Waals surface area contributed by atoms with Crippen LogP contribution in [0, 0.1) is 34.5 Å². The van der Waals surface area contributed by atoms with Crippen LogP contribution >= 0.6 is 0 Å². The Kier molecular flexibility index (Phi) is 4.36. The molecule has 4 saturated carbocycles. The highest BCUT2D eigenvalue weighted by atomic mass is 19.1. The van der Waals surface area contributed by atoms with Crippen molar-refractivity contribution >= 4 is 5.71 Å². The Bertz CT molecular complexity index is 623. The van der Waals surface area contributed by atoms with Gasteiger partial charge in [-0.2, -0.15) is 0 Å². The number of rotatable bonds is 2. The van der Waals surface area contributed by atoms with E-state index in [2.05, 4.69) is 24.3 Å². The van der Waals surface area contributed by atoms with Crippen molar-refractivity contribution in [2.75, 3.05) is 13.1 Å². The van der Waals surface area contributed by atoms with Gasteiger partial charge in [0.1, 0.15) is 6.17 Å². The minimum atomic E-state index is -0.958. The van der Waals surface area contributed by atoms with Gasteiger partial charge < -0.3 is 15.3 Å². The minimum absolute atomic E-state index is 0.0776. The summed E-state index contributed by atoms with van der Waals surface area (Å²) in [6, 6.07) is 0. The molecular formula is C22H35FN2O2. The van der Waals surface area contributed by atoms with Gasteiger partial charge in [-0.1, -0.05) is 19.0 Å². The van der Waals surface area contributed by atoms with Crippen LogP contribution in [0.15, 0.2) is 5.16 Å². The number of fused-ring (bicyclic) bond motifs is 5. The van der Waals surface area contributed by atoms with Gasteiger partial charge in [0.25, 0.3) is 0 Å². The Balaban J connectivity index is 1.35. The second-order valence-electron chi connectivity index (χ2n) is 10.6. The summed E-state index contributed by atoms with van der Waals surface area (Å²) < 4.78 is 15.1. The highest BCUT2D eigenvalue weighted by Crippen LogP contribution is 2.66. The van der Waals surface area contributed by atoms with E-state index in [1.54, 1.807) is 0 Å². The third-order valence-electron chi connectivity index (χ3n) is 9.51. The van der Waals surface area contributed by atoms with Crippen LogP contribution in [0.3, 0.4) is 0 Å². The molecule has 0 amide bonds. The normalized spacial score (nSPS) is 54.0. The predicted molar refractivity (Wildman–Crippen MR) is 103 cm³/mol. The molecule has 5 aliphatic rings. The molecular weight excluding hydrogens is 343 g/mol. The Morgan fingerprint density at radius 2 is 1.85 bits per heavy atom. The second kappa shape index (κ2) is 6.41. The van der Waals surface area contributed by atoms with E-state index in [9.17, 15) is 5.11 Å². The molecule has 5 rings (SSSR count). The topological polar surface area (TPSA) is 53.8 Å². The summed E-state index contributed by atoms with van der Waals surface area (Å²) in [6.07, 6.45) is 7.22. The molecule has 1 unspecified atom stereocenters. The maximum atomic E-state index is 15.1. The van der Waals surface area contributed by atoms with Gasteiger partial charge in [0, 0.05) is 13.1 Å². The standard InChI is InChI=1S/C22H35FN2O2/c1-21-8-7-17-15(16(21)5-6-20(21)26)4-3-13-9-19(18(23)10-22(13,17)2)25-27-14-11-24-12-14/h13-18,20,24,26H,3-12H2,1-2H3/b25-19+/t13?,15-,16-,17-,18+,20-,21-,22-/m0/s1. The maximum Gasteiger partial charge on any atom is 0.152 e. The Morgan fingerprint density at radius 3 is 2.59 bits per heavy atom. The molecule has 27 heavy (non-hydrogen) atoms. The van der Waals surface area contributed by atoms with Crippen molar-refractivity contribution in [2.45, 2.75) is 83.6 Å². The second-order valence-corrected chi connectivity index (χ2v) is 10.6. The fourth-order valence-electron chi connectivity index (χ4n) is 7.62. The fourth-order valence-corrected chi connectivity index (χ4v) is 7.62. The minimum Gasteiger partial charge on any atom is -0.393 e. The third-order valence-corrected chi connectivity index (χ3v) is 9.51. The van der Waals surface area contributed by atoms with Crippen molar-refractivity contribution in [1.82, 2.24) is 5.32 Å². The van der Waals surface area contributed by atoms with Crippen molar-refractivity contribution in [2.24, 2.45) is 39.7 Å². The number of hydrogen-bond acceptors (Lipinski definition) is 4. The molecule has 152 valence electrons.